The van der Waals surface area contributed by atoms with Crippen LogP contribution in [0.1, 0.15) is 30.5 Å². The number of carbonyl (C=O) groups excluding carboxylic acids is 1. The van der Waals surface area contributed by atoms with Gasteiger partial charge in [0.05, 0.1) is 0 Å². The molecule has 0 fully saturated rings. The van der Waals surface area contributed by atoms with Crippen molar-refractivity contribution in [2.45, 2.75) is 40.0 Å². The lowest BCUT2D eigenvalue weighted by molar-refractivity contribution is -0.144. The molecule has 26 heavy (non-hydrogen) atoms. The minimum atomic E-state index is -1.04. The van der Waals surface area contributed by atoms with Crippen molar-refractivity contribution >= 4 is 12.1 Å². The van der Waals surface area contributed by atoms with Gasteiger partial charge in [0.2, 0.25) is 0 Å². The number of hydrogen-bond acceptors (Lipinski definition) is 3. The molecule has 1 amide bonds. The van der Waals surface area contributed by atoms with Crippen molar-refractivity contribution in [2.75, 3.05) is 0 Å². The molecule has 0 spiro atoms. The Kier molecular flexibility index (Phi) is 6.78. The largest absolute Gasteiger partial charge is 0.480 e. The van der Waals surface area contributed by atoms with Crippen molar-refractivity contribution in [3.05, 3.63) is 71.3 Å². The normalized spacial score (nSPS) is 11.8. The molecule has 138 valence electrons. The summed E-state index contributed by atoms with van der Waals surface area (Å²) < 4.78 is 5.40. The van der Waals surface area contributed by atoms with Gasteiger partial charge in [-0.2, -0.15) is 0 Å². The van der Waals surface area contributed by atoms with Gasteiger partial charge in [0, 0.05) is 6.54 Å². The zero-order chi connectivity index (χ0) is 19.1. The van der Waals surface area contributed by atoms with Gasteiger partial charge in [-0.3, -0.25) is 4.90 Å². The number of aliphatic carboxylic acids is 1. The van der Waals surface area contributed by atoms with Gasteiger partial charge < -0.3 is 9.84 Å². The second-order valence-corrected chi connectivity index (χ2v) is 6.68. The smallest absolute Gasteiger partial charge is 0.411 e. The van der Waals surface area contributed by atoms with Crippen molar-refractivity contribution in [1.82, 2.24) is 4.90 Å². The number of nitrogens with zero attached hydrogens (tertiary/aromatic N) is 1. The Morgan fingerprint density at radius 3 is 2.27 bits per heavy atom. The van der Waals surface area contributed by atoms with E-state index in [4.69, 9.17) is 4.74 Å². The molecule has 2 aromatic carbocycles. The third-order valence-electron chi connectivity index (χ3n) is 4.10. The molecule has 5 heteroatoms. The summed E-state index contributed by atoms with van der Waals surface area (Å²) >= 11 is 0. The Hall–Kier alpha value is -2.82. The zero-order valence-electron chi connectivity index (χ0n) is 15.4. The number of carbonyl (C=O) groups is 2. The number of carboxylic acid groups (broad SMARTS) is 1. The summed E-state index contributed by atoms with van der Waals surface area (Å²) in [7, 11) is 0. The topological polar surface area (TPSA) is 66.8 Å². The van der Waals surface area contributed by atoms with Crippen LogP contribution in [0.4, 0.5) is 4.79 Å². The third-order valence-corrected chi connectivity index (χ3v) is 4.10. The zero-order valence-corrected chi connectivity index (χ0v) is 15.4. The standard InChI is InChI=1S/C21H25NO4/c1-15(2)19(20(23)24)22(13-18-11-7-8-16(3)12-18)21(25)26-14-17-9-5-4-6-10-17/h4-12,15,19H,13-14H2,1-3H3,(H,23,24). The van der Waals surface area contributed by atoms with Crippen LogP contribution in [0.15, 0.2) is 54.6 Å². The van der Waals surface area contributed by atoms with Gasteiger partial charge >= 0.3 is 12.1 Å². The Morgan fingerprint density at radius 2 is 1.69 bits per heavy atom. The summed E-state index contributed by atoms with van der Waals surface area (Å²) in [4.78, 5) is 25.8. The monoisotopic (exact) mass is 355 g/mol. The average Bonchev–Trinajstić information content (AvgIpc) is 2.59. The first-order valence-corrected chi connectivity index (χ1v) is 8.64. The number of hydrogen-bond donors (Lipinski definition) is 1. The molecule has 0 bridgehead atoms. The molecule has 0 aliphatic heterocycles. The molecule has 5 nitrogen and oxygen atoms in total. The molecule has 0 saturated heterocycles. The summed E-state index contributed by atoms with van der Waals surface area (Å²) in [6.45, 7) is 5.82. The maximum absolute atomic E-state index is 12.7. The summed E-state index contributed by atoms with van der Waals surface area (Å²) in [5.41, 5.74) is 2.78. The maximum atomic E-state index is 12.7. The summed E-state index contributed by atoms with van der Waals surface area (Å²) in [5, 5.41) is 9.63. The van der Waals surface area contributed by atoms with Gasteiger partial charge in [-0.25, -0.2) is 9.59 Å². The lowest BCUT2D eigenvalue weighted by atomic mass is 10.0. The first-order valence-electron chi connectivity index (χ1n) is 8.64. The Bertz CT molecular complexity index is 743. The summed E-state index contributed by atoms with van der Waals surface area (Å²) in [5.74, 6) is -1.29. The van der Waals surface area contributed by atoms with Gasteiger partial charge in [0.25, 0.3) is 0 Å². The molecule has 0 aromatic heterocycles. The molecular weight excluding hydrogens is 330 g/mol. The van der Waals surface area contributed by atoms with E-state index in [1.54, 1.807) is 13.8 Å². The first kappa shape index (κ1) is 19.5. The summed E-state index contributed by atoms with van der Waals surface area (Å²) in [6, 6.07) is 16.0. The maximum Gasteiger partial charge on any atom is 0.411 e. The average molecular weight is 355 g/mol. The van der Waals surface area contributed by atoms with Gasteiger partial charge in [-0.15, -0.1) is 0 Å². The van der Waals surface area contributed by atoms with Crippen molar-refractivity contribution in [3.63, 3.8) is 0 Å². The highest BCUT2D eigenvalue weighted by atomic mass is 16.6. The van der Waals surface area contributed by atoms with E-state index in [-0.39, 0.29) is 19.1 Å². The van der Waals surface area contributed by atoms with Crippen LogP contribution in [-0.4, -0.2) is 28.1 Å². The van der Waals surface area contributed by atoms with E-state index in [1.165, 1.54) is 4.90 Å². The third kappa shape index (κ3) is 5.34. The van der Waals surface area contributed by atoms with E-state index >= 15 is 0 Å². The fourth-order valence-electron chi connectivity index (χ4n) is 2.86. The number of amides is 1. The van der Waals surface area contributed by atoms with Gasteiger partial charge in [0.15, 0.2) is 0 Å². The fraction of sp³-hybridized carbons (Fsp3) is 0.333. The van der Waals surface area contributed by atoms with E-state index < -0.39 is 18.1 Å². The van der Waals surface area contributed by atoms with E-state index in [1.807, 2.05) is 61.5 Å². The fourth-order valence-corrected chi connectivity index (χ4v) is 2.86. The molecule has 0 radical (unpaired) electrons. The van der Waals surface area contributed by atoms with Crippen LogP contribution in [0.2, 0.25) is 0 Å². The van der Waals surface area contributed by atoms with Crippen molar-refractivity contribution in [2.24, 2.45) is 5.92 Å². The molecule has 2 aromatic rings. The van der Waals surface area contributed by atoms with Crippen LogP contribution in [0.5, 0.6) is 0 Å². The van der Waals surface area contributed by atoms with E-state index in [9.17, 15) is 14.7 Å². The van der Waals surface area contributed by atoms with Crippen molar-refractivity contribution in [3.8, 4) is 0 Å². The number of rotatable bonds is 7. The van der Waals surface area contributed by atoms with Crippen LogP contribution in [0, 0.1) is 12.8 Å². The molecule has 0 aliphatic carbocycles. The quantitative estimate of drug-likeness (QED) is 0.806. The molecule has 0 saturated carbocycles. The predicted molar refractivity (Wildman–Crippen MR) is 99.6 cm³/mol. The van der Waals surface area contributed by atoms with E-state index in [2.05, 4.69) is 0 Å². The second kappa shape index (κ2) is 9.04. The summed E-state index contributed by atoms with van der Waals surface area (Å²) in [6.07, 6.45) is -0.628. The number of aryl methyl sites for hydroxylation is 1. The molecule has 0 heterocycles. The Labute approximate surface area is 154 Å². The molecule has 1 atom stereocenters. The minimum Gasteiger partial charge on any atom is -0.480 e. The first-order chi connectivity index (χ1) is 12.4. The highest BCUT2D eigenvalue weighted by molar-refractivity contribution is 5.80. The number of carboxylic acids is 1. The van der Waals surface area contributed by atoms with Crippen molar-refractivity contribution < 1.29 is 19.4 Å². The molecule has 2 rings (SSSR count). The Balaban J connectivity index is 2.20. The van der Waals surface area contributed by atoms with Crippen molar-refractivity contribution in [1.29, 1.82) is 0 Å². The van der Waals surface area contributed by atoms with Gasteiger partial charge in [-0.05, 0) is 24.0 Å². The Morgan fingerprint density at radius 1 is 1.04 bits per heavy atom. The van der Waals surface area contributed by atoms with Crippen LogP contribution in [-0.2, 0) is 22.7 Å². The lowest BCUT2D eigenvalue weighted by Crippen LogP contribution is -2.47. The molecule has 1 N–H and O–H groups in total. The van der Waals surface area contributed by atoms with E-state index in [0.717, 1.165) is 16.7 Å². The van der Waals surface area contributed by atoms with Crippen LogP contribution < -0.4 is 0 Å². The highest BCUT2D eigenvalue weighted by Crippen LogP contribution is 2.18. The molecule has 0 aliphatic rings. The lowest BCUT2D eigenvalue weighted by Gasteiger charge is -2.31. The SMILES string of the molecule is Cc1cccc(CN(C(=O)OCc2ccccc2)C(C(=O)O)C(C)C)c1. The number of ether oxygens (including phenoxy) is 1. The molecular formula is C21H25NO4. The highest BCUT2D eigenvalue weighted by Gasteiger charge is 2.33. The minimum absolute atomic E-state index is 0.106. The number of benzene rings is 2. The van der Waals surface area contributed by atoms with Crippen LogP contribution in [0.25, 0.3) is 0 Å². The van der Waals surface area contributed by atoms with Gasteiger partial charge in [-0.1, -0.05) is 74.0 Å². The van der Waals surface area contributed by atoms with Crippen LogP contribution in [0.3, 0.4) is 0 Å². The van der Waals surface area contributed by atoms with Crippen LogP contribution >= 0.6 is 0 Å². The van der Waals surface area contributed by atoms with Gasteiger partial charge in [0.1, 0.15) is 12.6 Å². The predicted octanol–water partition coefficient (Wildman–Crippen LogP) is 4.24. The van der Waals surface area contributed by atoms with E-state index in [0.29, 0.717) is 0 Å². The second-order valence-electron chi connectivity index (χ2n) is 6.68. The molecule has 1 unspecified atom stereocenters.